The third kappa shape index (κ3) is 2.70. The van der Waals surface area contributed by atoms with Crippen LogP contribution in [0.3, 0.4) is 0 Å². The Morgan fingerprint density at radius 2 is 1.95 bits per heavy atom. The van der Waals surface area contributed by atoms with Crippen molar-refractivity contribution in [2.75, 3.05) is 5.32 Å². The molecule has 0 aliphatic rings. The maximum atomic E-state index is 4.04. The summed E-state index contributed by atoms with van der Waals surface area (Å²) in [6.07, 6.45) is 3.53. The van der Waals surface area contributed by atoms with Gasteiger partial charge in [-0.2, -0.15) is 0 Å². The fraction of sp³-hybridized carbons (Fsp3) is 0.235. The number of imidazole rings is 1. The molecule has 21 heavy (non-hydrogen) atoms. The Bertz CT molecular complexity index is 721. The summed E-state index contributed by atoms with van der Waals surface area (Å²) < 4.78 is 2.22. The van der Waals surface area contributed by atoms with Gasteiger partial charge in [0.25, 0.3) is 0 Å². The molecule has 4 heteroatoms. The topological polar surface area (TPSA) is 45.6 Å². The van der Waals surface area contributed by atoms with E-state index in [-0.39, 0.29) is 0 Å². The van der Waals surface area contributed by atoms with Crippen LogP contribution >= 0.6 is 0 Å². The van der Waals surface area contributed by atoms with Crippen molar-refractivity contribution in [3.63, 3.8) is 0 Å². The summed E-state index contributed by atoms with van der Waals surface area (Å²) in [4.78, 5) is 7.16. The van der Waals surface area contributed by atoms with Gasteiger partial charge in [0.1, 0.15) is 0 Å². The molecule has 0 unspecified atom stereocenters. The van der Waals surface area contributed by atoms with Gasteiger partial charge in [0, 0.05) is 30.7 Å². The van der Waals surface area contributed by atoms with E-state index in [2.05, 4.69) is 71.1 Å². The molecule has 0 saturated heterocycles. The van der Waals surface area contributed by atoms with Crippen molar-refractivity contribution in [1.29, 1.82) is 0 Å². The van der Waals surface area contributed by atoms with Gasteiger partial charge in [0.05, 0.1) is 18.2 Å². The van der Waals surface area contributed by atoms with Crippen LogP contribution in [0.4, 0.5) is 5.69 Å². The molecule has 2 aromatic heterocycles. The minimum atomic E-state index is 0.844. The second-order valence-electron chi connectivity index (χ2n) is 5.35. The van der Waals surface area contributed by atoms with E-state index < -0.39 is 0 Å². The Balaban J connectivity index is 1.69. The average Bonchev–Trinajstić information content (AvgIpc) is 3.11. The number of aryl methyl sites for hydroxylation is 1. The zero-order valence-electron chi connectivity index (χ0n) is 12.6. The summed E-state index contributed by atoms with van der Waals surface area (Å²) in [5.74, 6) is 0. The van der Waals surface area contributed by atoms with Crippen molar-refractivity contribution in [3.8, 4) is 11.3 Å². The van der Waals surface area contributed by atoms with Crippen molar-refractivity contribution in [1.82, 2.24) is 14.5 Å². The van der Waals surface area contributed by atoms with Crippen LogP contribution < -0.4 is 5.32 Å². The van der Waals surface area contributed by atoms with Crippen molar-refractivity contribution in [2.45, 2.75) is 20.4 Å². The van der Waals surface area contributed by atoms with Gasteiger partial charge in [-0.05, 0) is 43.2 Å². The molecular weight excluding hydrogens is 260 g/mol. The van der Waals surface area contributed by atoms with Gasteiger partial charge in [-0.25, -0.2) is 4.98 Å². The maximum absolute atomic E-state index is 4.04. The Labute approximate surface area is 124 Å². The molecule has 0 spiro atoms. The lowest BCUT2D eigenvalue weighted by atomic mass is 10.1. The Morgan fingerprint density at radius 3 is 2.52 bits per heavy atom. The number of nitrogens with one attached hydrogen (secondary N) is 2. The second kappa shape index (κ2) is 5.48. The molecule has 3 aromatic rings. The van der Waals surface area contributed by atoms with Gasteiger partial charge in [-0.15, -0.1) is 0 Å². The van der Waals surface area contributed by atoms with Crippen molar-refractivity contribution in [2.24, 2.45) is 7.05 Å². The Hall–Kier alpha value is -2.49. The number of rotatable bonds is 4. The molecule has 0 aliphatic carbocycles. The Kier molecular flexibility index (Phi) is 3.52. The van der Waals surface area contributed by atoms with Gasteiger partial charge in [0.15, 0.2) is 0 Å². The van der Waals surface area contributed by atoms with Crippen LogP contribution in [0.25, 0.3) is 11.3 Å². The number of anilines is 1. The van der Waals surface area contributed by atoms with E-state index in [9.17, 15) is 0 Å². The summed E-state index contributed by atoms with van der Waals surface area (Å²) in [6, 6.07) is 10.6. The molecule has 0 fully saturated rings. The highest BCUT2D eigenvalue weighted by Gasteiger charge is 2.05. The van der Waals surface area contributed by atoms with Gasteiger partial charge in [-0.1, -0.05) is 12.1 Å². The number of nitrogens with zero attached hydrogens (tertiary/aromatic N) is 2. The molecule has 1 aromatic carbocycles. The molecule has 4 nitrogen and oxygen atoms in total. The first-order chi connectivity index (χ1) is 10.1. The molecule has 3 rings (SSSR count). The first-order valence-corrected chi connectivity index (χ1v) is 7.09. The van der Waals surface area contributed by atoms with E-state index in [1.807, 2.05) is 6.20 Å². The zero-order valence-corrected chi connectivity index (χ0v) is 12.6. The molecule has 108 valence electrons. The lowest BCUT2D eigenvalue weighted by molar-refractivity contribution is 0.837. The average molecular weight is 280 g/mol. The number of hydrogen-bond acceptors (Lipinski definition) is 2. The highest BCUT2D eigenvalue weighted by Crippen LogP contribution is 2.20. The summed E-state index contributed by atoms with van der Waals surface area (Å²) in [6.45, 7) is 5.14. The fourth-order valence-corrected chi connectivity index (χ4v) is 2.49. The first kappa shape index (κ1) is 13.5. The molecule has 0 bridgehead atoms. The maximum Gasteiger partial charge on any atom is 0.0924 e. The number of H-pyrrole nitrogens is 1. The minimum Gasteiger partial charge on any atom is -0.381 e. The van der Waals surface area contributed by atoms with Crippen LogP contribution in [0.1, 0.15) is 17.0 Å². The quantitative estimate of drug-likeness (QED) is 0.766. The van der Waals surface area contributed by atoms with Gasteiger partial charge >= 0.3 is 0 Å². The predicted octanol–water partition coefficient (Wildman–Crippen LogP) is 3.64. The third-order valence-corrected chi connectivity index (χ3v) is 4.06. The van der Waals surface area contributed by atoms with Crippen LogP contribution in [0.2, 0.25) is 0 Å². The van der Waals surface area contributed by atoms with Crippen LogP contribution in [0, 0.1) is 13.8 Å². The highest BCUT2D eigenvalue weighted by atomic mass is 15.0. The molecule has 0 amide bonds. The second-order valence-corrected chi connectivity index (χ2v) is 5.35. The lowest BCUT2D eigenvalue weighted by Crippen LogP contribution is -2.01. The van der Waals surface area contributed by atoms with Crippen LogP contribution in [0.15, 0.2) is 42.9 Å². The normalized spacial score (nSPS) is 10.8. The summed E-state index contributed by atoms with van der Waals surface area (Å²) in [5.41, 5.74) is 7.25. The first-order valence-electron chi connectivity index (χ1n) is 7.09. The Morgan fingerprint density at radius 1 is 1.19 bits per heavy atom. The SMILES string of the molecule is Cc1cc(CNc2ccc(-c3cnc[nH]3)cc2)c(C)n1C. The summed E-state index contributed by atoms with van der Waals surface area (Å²) in [5, 5.41) is 3.48. The van der Waals surface area contributed by atoms with Gasteiger partial charge in [0.2, 0.25) is 0 Å². The smallest absolute Gasteiger partial charge is 0.0924 e. The monoisotopic (exact) mass is 280 g/mol. The molecule has 2 N–H and O–H groups in total. The number of benzene rings is 1. The van der Waals surface area contributed by atoms with Crippen LogP contribution in [-0.2, 0) is 13.6 Å². The number of aromatic amines is 1. The van der Waals surface area contributed by atoms with Gasteiger partial charge < -0.3 is 14.9 Å². The number of hydrogen-bond donors (Lipinski definition) is 2. The number of aromatic nitrogens is 3. The molecule has 0 aliphatic heterocycles. The van der Waals surface area contributed by atoms with E-state index in [0.717, 1.165) is 23.5 Å². The molecule has 0 radical (unpaired) electrons. The van der Waals surface area contributed by atoms with E-state index in [1.165, 1.54) is 17.0 Å². The summed E-state index contributed by atoms with van der Waals surface area (Å²) >= 11 is 0. The molecular formula is C17H20N4. The molecule has 2 heterocycles. The van der Waals surface area contributed by atoms with E-state index >= 15 is 0 Å². The summed E-state index contributed by atoms with van der Waals surface area (Å²) in [7, 11) is 2.10. The van der Waals surface area contributed by atoms with E-state index in [1.54, 1.807) is 6.33 Å². The standard InChI is InChI=1S/C17H20N4/c1-12-8-15(13(2)21(12)3)9-19-16-6-4-14(5-7-16)17-10-18-11-20-17/h4-8,10-11,19H,9H2,1-3H3,(H,18,20). The van der Waals surface area contributed by atoms with Crippen LogP contribution in [0.5, 0.6) is 0 Å². The minimum absolute atomic E-state index is 0.844. The largest absolute Gasteiger partial charge is 0.381 e. The van der Waals surface area contributed by atoms with E-state index in [0.29, 0.717) is 0 Å². The predicted molar refractivity (Wildman–Crippen MR) is 86.2 cm³/mol. The fourth-order valence-electron chi connectivity index (χ4n) is 2.49. The lowest BCUT2D eigenvalue weighted by Gasteiger charge is -2.07. The molecule has 0 saturated carbocycles. The van der Waals surface area contributed by atoms with Crippen molar-refractivity contribution < 1.29 is 0 Å². The van der Waals surface area contributed by atoms with Crippen LogP contribution in [-0.4, -0.2) is 14.5 Å². The highest BCUT2D eigenvalue weighted by molar-refractivity contribution is 5.62. The molecule has 0 atom stereocenters. The van der Waals surface area contributed by atoms with E-state index in [4.69, 9.17) is 0 Å². The van der Waals surface area contributed by atoms with Gasteiger partial charge in [-0.3, -0.25) is 0 Å². The van der Waals surface area contributed by atoms with Crippen molar-refractivity contribution in [3.05, 3.63) is 59.8 Å². The van der Waals surface area contributed by atoms with Crippen molar-refractivity contribution >= 4 is 5.69 Å². The third-order valence-electron chi connectivity index (χ3n) is 4.06. The zero-order chi connectivity index (χ0) is 14.8.